The zero-order valence-corrected chi connectivity index (χ0v) is 22.9. The first-order valence-corrected chi connectivity index (χ1v) is 13.6. The van der Waals surface area contributed by atoms with E-state index in [-0.39, 0.29) is 17.9 Å². The zero-order chi connectivity index (χ0) is 26.6. The fraction of sp³-hybridized carbons (Fsp3) is 0.321. The number of halogens is 1. The molecule has 1 atom stereocenters. The molecule has 1 N–H and O–H groups in total. The number of aromatic amines is 1. The molecule has 9 nitrogen and oxygen atoms in total. The van der Waals surface area contributed by atoms with Crippen molar-refractivity contribution in [3.05, 3.63) is 82.1 Å². The van der Waals surface area contributed by atoms with E-state index in [9.17, 15) is 9.59 Å². The second kappa shape index (κ2) is 9.50. The normalized spacial score (nSPS) is 17.0. The number of hydrogen-bond acceptors (Lipinski definition) is 5. The van der Waals surface area contributed by atoms with Crippen molar-refractivity contribution in [2.45, 2.75) is 38.6 Å². The minimum Gasteiger partial charge on any atom is -0.343 e. The van der Waals surface area contributed by atoms with E-state index in [4.69, 9.17) is 5.10 Å². The van der Waals surface area contributed by atoms with Crippen molar-refractivity contribution < 1.29 is 9.59 Å². The quantitative estimate of drug-likeness (QED) is 0.366. The van der Waals surface area contributed by atoms with E-state index in [1.165, 1.54) is 11.6 Å². The summed E-state index contributed by atoms with van der Waals surface area (Å²) in [6.45, 7) is 9.41. The third-order valence-corrected chi connectivity index (χ3v) is 8.15. The van der Waals surface area contributed by atoms with Crippen LogP contribution in [0.15, 0.2) is 53.9 Å². The second-order valence-electron chi connectivity index (χ2n) is 10.0. The van der Waals surface area contributed by atoms with E-state index in [1.807, 2.05) is 9.58 Å². The van der Waals surface area contributed by atoms with Crippen LogP contribution in [-0.2, 0) is 17.6 Å². The topological polar surface area (TPSA) is 100 Å². The smallest absolute Gasteiger partial charge is 0.275 e. The molecule has 0 aliphatic carbocycles. The van der Waals surface area contributed by atoms with Crippen LogP contribution in [0.25, 0.3) is 16.7 Å². The van der Waals surface area contributed by atoms with Gasteiger partial charge in [-0.15, -0.1) is 0 Å². The molecule has 0 radical (unpaired) electrons. The van der Waals surface area contributed by atoms with E-state index < -0.39 is 0 Å². The number of benzene rings is 1. The Balaban J connectivity index is 1.44. The van der Waals surface area contributed by atoms with Gasteiger partial charge in [-0.2, -0.15) is 5.10 Å². The molecule has 10 heteroatoms. The first-order valence-electron chi connectivity index (χ1n) is 12.8. The largest absolute Gasteiger partial charge is 0.343 e. The van der Waals surface area contributed by atoms with Crippen molar-refractivity contribution in [1.29, 1.82) is 0 Å². The zero-order valence-electron chi connectivity index (χ0n) is 21.3. The second-order valence-corrected chi connectivity index (χ2v) is 10.9. The van der Waals surface area contributed by atoms with Gasteiger partial charge in [-0.3, -0.25) is 9.59 Å². The molecule has 0 saturated heterocycles. The summed E-state index contributed by atoms with van der Waals surface area (Å²) in [4.78, 5) is 42.2. The molecule has 2 aliphatic heterocycles. The molecular formula is C28H28BrN7O2. The Hall–Kier alpha value is -3.79. The molecular weight excluding hydrogens is 546 g/mol. The van der Waals surface area contributed by atoms with Crippen LogP contribution in [0, 0.1) is 0 Å². The van der Waals surface area contributed by atoms with Crippen LogP contribution in [0.3, 0.4) is 0 Å². The lowest BCUT2D eigenvalue weighted by molar-refractivity contribution is -0.126. The van der Waals surface area contributed by atoms with Gasteiger partial charge in [0, 0.05) is 44.2 Å². The molecule has 0 saturated carbocycles. The monoisotopic (exact) mass is 573 g/mol. The summed E-state index contributed by atoms with van der Waals surface area (Å²) in [6, 6.07) is 8.17. The molecule has 0 bridgehead atoms. The van der Waals surface area contributed by atoms with E-state index in [0.717, 1.165) is 27.1 Å². The summed E-state index contributed by atoms with van der Waals surface area (Å²) in [7, 11) is 0. The van der Waals surface area contributed by atoms with Gasteiger partial charge in [-0.05, 0) is 45.6 Å². The summed E-state index contributed by atoms with van der Waals surface area (Å²) >= 11 is 3.47. The number of nitrogens with one attached hydrogen (secondary N) is 1. The van der Waals surface area contributed by atoms with Gasteiger partial charge in [0.2, 0.25) is 5.91 Å². The molecule has 6 rings (SSSR count). The maximum absolute atomic E-state index is 14.0. The van der Waals surface area contributed by atoms with Gasteiger partial charge in [-0.1, -0.05) is 32.6 Å². The Kier molecular flexibility index (Phi) is 6.14. The number of pyridine rings is 1. The van der Waals surface area contributed by atoms with Gasteiger partial charge in [0.05, 0.1) is 39.4 Å². The van der Waals surface area contributed by atoms with Crippen molar-refractivity contribution in [2.24, 2.45) is 0 Å². The standard InChI is InChI=1S/C28H28BrN7O2/c1-4-23(37)34-11-9-20-24-21(36(33-20)18-7-5-17(6-8-18)16(2)3)10-12-35(22(24)14-34)28(38)27-26-25(31-15-32-26)19(29)13-30-27/h4-8,13,15-16,22H,1,9-12,14H2,2-3H3,(H,31,32)/t22-/m0/s1. The number of H-pyrrole nitrogens is 1. The Morgan fingerprint density at radius 2 is 1.95 bits per heavy atom. The van der Waals surface area contributed by atoms with Crippen molar-refractivity contribution in [3.8, 4) is 5.69 Å². The SMILES string of the molecule is C=CC(=O)N1CCc2nn(-c3ccc(C(C)C)cc3)c3c2[C@H](C1)N(C(=O)c1ncc(Br)c2nc[nH]c12)CC3. The number of rotatable bonds is 4. The summed E-state index contributed by atoms with van der Waals surface area (Å²) in [5.41, 5.74) is 6.89. The summed E-state index contributed by atoms with van der Waals surface area (Å²) < 4.78 is 2.75. The third-order valence-electron chi connectivity index (χ3n) is 7.57. The van der Waals surface area contributed by atoms with Crippen LogP contribution < -0.4 is 0 Å². The Morgan fingerprint density at radius 1 is 1.16 bits per heavy atom. The van der Waals surface area contributed by atoms with Crippen LogP contribution in [0.5, 0.6) is 0 Å². The highest BCUT2D eigenvalue weighted by atomic mass is 79.9. The van der Waals surface area contributed by atoms with Crippen LogP contribution in [-0.4, -0.2) is 66.0 Å². The molecule has 3 aromatic heterocycles. The predicted octanol–water partition coefficient (Wildman–Crippen LogP) is 4.34. The molecule has 0 spiro atoms. The molecule has 1 aromatic carbocycles. The average molecular weight is 574 g/mol. The number of aromatic nitrogens is 5. The molecule has 0 unspecified atom stereocenters. The molecule has 194 valence electrons. The summed E-state index contributed by atoms with van der Waals surface area (Å²) in [6.07, 6.45) is 5.76. The predicted molar refractivity (Wildman–Crippen MR) is 147 cm³/mol. The van der Waals surface area contributed by atoms with E-state index in [1.54, 1.807) is 17.4 Å². The lowest BCUT2D eigenvalue weighted by Crippen LogP contribution is -2.46. The van der Waals surface area contributed by atoms with Gasteiger partial charge in [0.15, 0.2) is 5.69 Å². The highest BCUT2D eigenvalue weighted by Gasteiger charge is 2.40. The summed E-state index contributed by atoms with van der Waals surface area (Å²) in [5.74, 6) is 0.0995. The lowest BCUT2D eigenvalue weighted by atomic mass is 9.95. The highest BCUT2D eigenvalue weighted by molar-refractivity contribution is 9.10. The van der Waals surface area contributed by atoms with Crippen LogP contribution in [0.1, 0.15) is 58.8 Å². The molecule has 2 amide bonds. The Morgan fingerprint density at radius 3 is 2.68 bits per heavy atom. The Bertz CT molecular complexity index is 1570. The van der Waals surface area contributed by atoms with Crippen LogP contribution in [0.4, 0.5) is 0 Å². The minimum absolute atomic E-state index is 0.149. The Labute approximate surface area is 228 Å². The first kappa shape index (κ1) is 24.5. The van der Waals surface area contributed by atoms with Crippen molar-refractivity contribution in [3.63, 3.8) is 0 Å². The van der Waals surface area contributed by atoms with Crippen LogP contribution >= 0.6 is 15.9 Å². The van der Waals surface area contributed by atoms with Crippen LogP contribution in [0.2, 0.25) is 0 Å². The fourth-order valence-corrected chi connectivity index (χ4v) is 5.98. The molecule has 5 heterocycles. The van der Waals surface area contributed by atoms with Crippen molar-refractivity contribution in [2.75, 3.05) is 19.6 Å². The van der Waals surface area contributed by atoms with E-state index in [0.29, 0.717) is 55.1 Å². The number of amides is 2. The van der Waals surface area contributed by atoms with Gasteiger partial charge < -0.3 is 14.8 Å². The lowest BCUT2D eigenvalue weighted by Gasteiger charge is -2.37. The van der Waals surface area contributed by atoms with Crippen molar-refractivity contribution >= 4 is 38.8 Å². The number of imidazole rings is 1. The maximum Gasteiger partial charge on any atom is 0.275 e. The van der Waals surface area contributed by atoms with Gasteiger partial charge in [0.1, 0.15) is 5.52 Å². The number of hydrogen-bond donors (Lipinski definition) is 1. The van der Waals surface area contributed by atoms with E-state index >= 15 is 0 Å². The number of carbonyl (C=O) groups is 2. The molecule has 38 heavy (non-hydrogen) atoms. The average Bonchev–Trinajstić information content (AvgIpc) is 3.52. The maximum atomic E-state index is 14.0. The molecule has 4 aromatic rings. The molecule has 0 fully saturated rings. The first-order chi connectivity index (χ1) is 18.4. The summed E-state index contributed by atoms with van der Waals surface area (Å²) in [5, 5.41) is 5.03. The molecule has 2 aliphatic rings. The van der Waals surface area contributed by atoms with Gasteiger partial charge in [0.25, 0.3) is 5.91 Å². The van der Waals surface area contributed by atoms with E-state index in [2.05, 4.69) is 75.6 Å². The van der Waals surface area contributed by atoms with Gasteiger partial charge in [-0.25, -0.2) is 14.6 Å². The fourth-order valence-electron chi connectivity index (χ4n) is 5.58. The minimum atomic E-state index is -0.347. The highest BCUT2D eigenvalue weighted by Crippen LogP contribution is 2.38. The number of fused-ring (bicyclic) bond motifs is 1. The number of nitrogens with zero attached hydrogens (tertiary/aromatic N) is 6. The third kappa shape index (κ3) is 3.94. The van der Waals surface area contributed by atoms with Gasteiger partial charge >= 0.3 is 0 Å². The van der Waals surface area contributed by atoms with Crippen molar-refractivity contribution in [1.82, 2.24) is 34.5 Å². The number of carbonyl (C=O) groups excluding carboxylic acids is 2.